The molecule has 0 saturated carbocycles. The average Bonchev–Trinajstić information content (AvgIpc) is 2.94. The zero-order valence-electron chi connectivity index (χ0n) is 22.3. The van der Waals surface area contributed by atoms with Gasteiger partial charge in [0, 0.05) is 24.6 Å². The number of rotatable bonds is 10. The van der Waals surface area contributed by atoms with E-state index in [2.05, 4.69) is 5.32 Å². The topological polar surface area (TPSA) is 94.2 Å². The third-order valence-corrected chi connectivity index (χ3v) is 7.36. The average molecular weight is 521 g/mol. The van der Waals surface area contributed by atoms with E-state index in [0.717, 1.165) is 29.7 Å². The molecule has 1 heterocycles. The summed E-state index contributed by atoms with van der Waals surface area (Å²) in [6, 6.07) is 15.1. The predicted molar refractivity (Wildman–Crippen MR) is 142 cm³/mol. The fourth-order valence-electron chi connectivity index (χ4n) is 5.52. The molecule has 0 aromatic heterocycles. The van der Waals surface area contributed by atoms with E-state index in [4.69, 9.17) is 14.2 Å². The Morgan fingerprint density at radius 1 is 1.05 bits per heavy atom. The van der Waals surface area contributed by atoms with Gasteiger partial charge in [-0.3, -0.25) is 14.4 Å². The first kappa shape index (κ1) is 27.2. The van der Waals surface area contributed by atoms with E-state index in [0.29, 0.717) is 24.5 Å². The summed E-state index contributed by atoms with van der Waals surface area (Å²) in [4.78, 5) is 42.0. The van der Waals surface area contributed by atoms with E-state index < -0.39 is 11.3 Å². The minimum atomic E-state index is -0.925. The van der Waals surface area contributed by atoms with E-state index in [1.807, 2.05) is 42.5 Å². The number of carbonyl (C=O) groups is 3. The van der Waals surface area contributed by atoms with Crippen molar-refractivity contribution in [3.05, 3.63) is 71.4 Å². The number of hydrogen-bond donors (Lipinski definition) is 1. The van der Waals surface area contributed by atoms with Crippen LogP contribution in [0.25, 0.3) is 0 Å². The molecule has 8 heteroatoms. The number of likely N-dealkylation sites (tertiary alicyclic amines) is 1. The van der Waals surface area contributed by atoms with Crippen LogP contribution in [0.4, 0.5) is 0 Å². The smallest absolute Gasteiger partial charge is 0.318 e. The number of allylic oxidation sites excluding steroid dienone is 1. The van der Waals surface area contributed by atoms with Crippen molar-refractivity contribution in [2.45, 2.75) is 52.1 Å². The molecular formula is C30H36N2O6. The normalized spacial score (nSPS) is 20.7. The lowest BCUT2D eigenvalue weighted by Crippen LogP contribution is -2.54. The number of nitrogens with one attached hydrogen (secondary N) is 1. The van der Waals surface area contributed by atoms with Crippen LogP contribution in [-0.2, 0) is 32.2 Å². The van der Waals surface area contributed by atoms with Crippen LogP contribution in [0.5, 0.6) is 11.5 Å². The molecule has 1 saturated heterocycles. The molecule has 2 aromatic rings. The minimum Gasteiger partial charge on any atom is -0.493 e. The number of ether oxygens (including phenoxy) is 3. The number of hydrogen-bond acceptors (Lipinski definition) is 6. The number of fused-ring (bicyclic) bond motifs is 1. The second kappa shape index (κ2) is 12.2. The van der Waals surface area contributed by atoms with Crippen LogP contribution in [0, 0.1) is 11.3 Å². The Kier molecular flexibility index (Phi) is 8.71. The van der Waals surface area contributed by atoms with Crippen molar-refractivity contribution in [2.75, 3.05) is 20.8 Å². The van der Waals surface area contributed by atoms with Gasteiger partial charge in [-0.25, -0.2) is 0 Å². The Labute approximate surface area is 223 Å². The molecule has 2 aromatic carbocycles. The first-order valence-electron chi connectivity index (χ1n) is 13.1. The van der Waals surface area contributed by atoms with Gasteiger partial charge in [0.2, 0.25) is 11.8 Å². The van der Waals surface area contributed by atoms with Crippen molar-refractivity contribution >= 4 is 17.8 Å². The van der Waals surface area contributed by atoms with Crippen LogP contribution in [0.15, 0.2) is 60.3 Å². The van der Waals surface area contributed by atoms with Gasteiger partial charge in [-0.2, -0.15) is 0 Å². The van der Waals surface area contributed by atoms with E-state index in [9.17, 15) is 14.4 Å². The number of nitrogens with zero attached hydrogens (tertiary/aromatic N) is 1. The second-order valence-electron chi connectivity index (χ2n) is 9.77. The van der Waals surface area contributed by atoms with Gasteiger partial charge < -0.3 is 24.4 Å². The SMILES string of the molecule is CCOC(=O)[C@]12CCCC=C1N(Cc1ccccc1)C(=O)[C@H](CC(=O)NCc1ccc(OC)c(OC)c1)C2. The van der Waals surface area contributed by atoms with E-state index in [1.165, 1.54) is 0 Å². The van der Waals surface area contributed by atoms with Crippen LogP contribution >= 0.6 is 0 Å². The summed E-state index contributed by atoms with van der Waals surface area (Å²) in [6.07, 6.45) is 4.49. The molecule has 0 spiro atoms. The molecule has 1 fully saturated rings. The van der Waals surface area contributed by atoms with Gasteiger partial charge in [-0.1, -0.05) is 42.5 Å². The summed E-state index contributed by atoms with van der Waals surface area (Å²) in [6.45, 7) is 2.67. The summed E-state index contributed by atoms with van der Waals surface area (Å²) in [5.74, 6) is -0.153. The third-order valence-electron chi connectivity index (χ3n) is 7.36. The monoisotopic (exact) mass is 520 g/mol. The van der Waals surface area contributed by atoms with Crippen LogP contribution in [0.2, 0.25) is 0 Å². The zero-order chi connectivity index (χ0) is 27.1. The van der Waals surface area contributed by atoms with Crippen molar-refractivity contribution in [1.29, 1.82) is 0 Å². The molecule has 0 radical (unpaired) electrons. The Balaban J connectivity index is 1.55. The van der Waals surface area contributed by atoms with Gasteiger partial charge >= 0.3 is 5.97 Å². The fourth-order valence-corrected chi connectivity index (χ4v) is 5.52. The Morgan fingerprint density at radius 3 is 2.53 bits per heavy atom. The summed E-state index contributed by atoms with van der Waals surface area (Å²) in [7, 11) is 3.13. The first-order chi connectivity index (χ1) is 18.4. The molecular weight excluding hydrogens is 484 g/mol. The quantitative estimate of drug-likeness (QED) is 0.468. The lowest BCUT2D eigenvalue weighted by Gasteiger charge is -2.48. The summed E-state index contributed by atoms with van der Waals surface area (Å²) in [5, 5.41) is 2.92. The standard InChI is InChI=1S/C30H36N2O6/c1-4-38-29(35)30-15-9-8-12-26(30)32(20-21-10-6-5-7-11-21)28(34)23(18-30)17-27(33)31-19-22-13-14-24(36-2)25(16-22)37-3/h5-7,10-14,16,23H,4,8-9,15,17-20H2,1-3H3,(H,31,33)/t23-,30+/m1/s1. The molecule has 4 rings (SSSR count). The van der Waals surface area contributed by atoms with Gasteiger partial charge in [0.15, 0.2) is 11.5 Å². The van der Waals surface area contributed by atoms with Crippen LogP contribution in [-0.4, -0.2) is 43.5 Å². The fraction of sp³-hybridized carbons (Fsp3) is 0.433. The molecule has 38 heavy (non-hydrogen) atoms. The van der Waals surface area contributed by atoms with Crippen molar-refractivity contribution in [1.82, 2.24) is 10.2 Å². The maximum absolute atomic E-state index is 13.8. The van der Waals surface area contributed by atoms with Crippen molar-refractivity contribution in [2.24, 2.45) is 11.3 Å². The number of carbonyl (C=O) groups excluding carboxylic acids is 3. The van der Waals surface area contributed by atoms with E-state index in [-0.39, 0.29) is 43.8 Å². The molecule has 2 amide bonds. The summed E-state index contributed by atoms with van der Waals surface area (Å²) < 4.78 is 16.2. The molecule has 0 bridgehead atoms. The highest BCUT2D eigenvalue weighted by molar-refractivity contribution is 5.92. The summed E-state index contributed by atoms with van der Waals surface area (Å²) in [5.41, 5.74) is 1.60. The maximum Gasteiger partial charge on any atom is 0.318 e. The maximum atomic E-state index is 13.8. The highest BCUT2D eigenvalue weighted by Gasteiger charge is 2.54. The predicted octanol–water partition coefficient (Wildman–Crippen LogP) is 4.38. The largest absolute Gasteiger partial charge is 0.493 e. The van der Waals surface area contributed by atoms with Crippen LogP contribution in [0.3, 0.4) is 0 Å². The molecule has 2 atom stereocenters. The molecule has 1 aliphatic carbocycles. The van der Waals surface area contributed by atoms with Crippen molar-refractivity contribution < 1.29 is 28.6 Å². The van der Waals surface area contributed by atoms with Crippen molar-refractivity contribution in [3.8, 4) is 11.5 Å². The minimum absolute atomic E-state index is 0.00809. The number of esters is 1. The number of amides is 2. The lowest BCUT2D eigenvalue weighted by molar-refractivity contribution is -0.162. The van der Waals surface area contributed by atoms with Crippen LogP contribution in [0.1, 0.15) is 50.2 Å². The molecule has 202 valence electrons. The lowest BCUT2D eigenvalue weighted by atomic mass is 9.66. The molecule has 8 nitrogen and oxygen atoms in total. The van der Waals surface area contributed by atoms with Gasteiger partial charge in [0.1, 0.15) is 5.41 Å². The molecule has 0 unspecified atom stereocenters. The van der Waals surface area contributed by atoms with E-state index in [1.54, 1.807) is 38.2 Å². The number of methoxy groups -OCH3 is 2. The molecule has 1 N–H and O–H groups in total. The highest BCUT2D eigenvalue weighted by atomic mass is 16.5. The summed E-state index contributed by atoms with van der Waals surface area (Å²) >= 11 is 0. The number of piperidine rings is 1. The van der Waals surface area contributed by atoms with Gasteiger partial charge in [-0.15, -0.1) is 0 Å². The Morgan fingerprint density at radius 2 is 1.82 bits per heavy atom. The van der Waals surface area contributed by atoms with Gasteiger partial charge in [-0.05, 0) is 55.9 Å². The number of benzene rings is 2. The Hall–Kier alpha value is -3.81. The van der Waals surface area contributed by atoms with Crippen molar-refractivity contribution in [3.63, 3.8) is 0 Å². The third kappa shape index (κ3) is 5.69. The Bertz CT molecular complexity index is 1190. The second-order valence-corrected chi connectivity index (χ2v) is 9.77. The van der Waals surface area contributed by atoms with Gasteiger partial charge in [0.05, 0.1) is 27.4 Å². The van der Waals surface area contributed by atoms with Gasteiger partial charge in [0.25, 0.3) is 0 Å². The first-order valence-corrected chi connectivity index (χ1v) is 13.1. The highest BCUT2D eigenvalue weighted by Crippen LogP contribution is 2.50. The van der Waals surface area contributed by atoms with E-state index >= 15 is 0 Å². The molecule has 2 aliphatic rings. The van der Waals surface area contributed by atoms with Crippen LogP contribution < -0.4 is 14.8 Å². The zero-order valence-corrected chi connectivity index (χ0v) is 22.3. The molecule has 1 aliphatic heterocycles.